The van der Waals surface area contributed by atoms with Crippen molar-refractivity contribution in [2.75, 3.05) is 20.2 Å². The van der Waals surface area contributed by atoms with Crippen molar-refractivity contribution < 1.29 is 22.8 Å². The third-order valence-corrected chi connectivity index (χ3v) is 4.90. The Bertz CT molecular complexity index is 1130. The van der Waals surface area contributed by atoms with Gasteiger partial charge in [-0.25, -0.2) is 4.68 Å². The van der Waals surface area contributed by atoms with Gasteiger partial charge in [-0.3, -0.25) is 9.78 Å². The highest BCUT2D eigenvalue weighted by molar-refractivity contribution is 6.05. The van der Waals surface area contributed by atoms with Gasteiger partial charge in [-0.15, -0.1) is 0 Å². The van der Waals surface area contributed by atoms with Gasteiger partial charge in [0.2, 0.25) is 0 Å². The fourth-order valence-corrected chi connectivity index (χ4v) is 3.40. The summed E-state index contributed by atoms with van der Waals surface area (Å²) in [5.74, 6) is -0.271. The topological polar surface area (TPSA) is 72.6 Å². The summed E-state index contributed by atoms with van der Waals surface area (Å²) < 4.78 is 40.9. The van der Waals surface area contributed by atoms with Crippen LogP contribution in [0, 0.1) is 0 Å². The zero-order valence-corrected chi connectivity index (χ0v) is 16.5. The predicted octanol–water partition coefficient (Wildman–Crippen LogP) is 3.34. The van der Waals surface area contributed by atoms with E-state index in [1.165, 1.54) is 24.1 Å². The molecule has 0 spiro atoms. The standard InChI is InChI=1S/C21H18F3N5O2/c1-31-27-19(14-4-2-5-15(10-14)21(22,23)24)13-28-9-7-18-17(20(28)30)12-29(26-18)16-6-3-8-25-11-16/h2-6,8,10-12H,7,9,13H2,1H3. The molecule has 0 fully saturated rings. The van der Waals surface area contributed by atoms with E-state index < -0.39 is 11.7 Å². The Balaban J connectivity index is 1.59. The molecule has 1 aromatic carbocycles. The lowest BCUT2D eigenvalue weighted by atomic mass is 10.0. The first-order chi connectivity index (χ1) is 14.9. The quantitative estimate of drug-likeness (QED) is 0.461. The second-order valence-corrected chi connectivity index (χ2v) is 6.92. The molecular weight excluding hydrogens is 411 g/mol. The molecule has 0 radical (unpaired) electrons. The van der Waals surface area contributed by atoms with Gasteiger partial charge in [-0.1, -0.05) is 17.3 Å². The molecular formula is C21H18F3N5O2. The Labute approximate surface area is 175 Å². The monoisotopic (exact) mass is 429 g/mol. The number of alkyl halides is 3. The molecule has 3 heterocycles. The Morgan fingerprint density at radius 1 is 1.26 bits per heavy atom. The van der Waals surface area contributed by atoms with Gasteiger partial charge in [-0.2, -0.15) is 18.3 Å². The first kappa shape index (κ1) is 20.6. The summed E-state index contributed by atoms with van der Waals surface area (Å²) in [6.45, 7) is 0.364. The van der Waals surface area contributed by atoms with Gasteiger partial charge in [0.15, 0.2) is 0 Å². The number of amides is 1. The molecule has 0 N–H and O–H groups in total. The molecule has 160 valence electrons. The molecule has 7 nitrogen and oxygen atoms in total. The summed E-state index contributed by atoms with van der Waals surface area (Å²) in [4.78, 5) is 23.5. The minimum absolute atomic E-state index is 0.00545. The minimum atomic E-state index is -4.48. The van der Waals surface area contributed by atoms with Crippen molar-refractivity contribution in [2.45, 2.75) is 12.6 Å². The smallest absolute Gasteiger partial charge is 0.399 e. The van der Waals surface area contributed by atoms with E-state index in [2.05, 4.69) is 15.2 Å². The van der Waals surface area contributed by atoms with E-state index in [4.69, 9.17) is 4.84 Å². The summed E-state index contributed by atoms with van der Waals surface area (Å²) in [6.07, 6.45) is 0.947. The van der Waals surface area contributed by atoms with Gasteiger partial charge < -0.3 is 9.74 Å². The summed E-state index contributed by atoms with van der Waals surface area (Å²) >= 11 is 0. The summed E-state index contributed by atoms with van der Waals surface area (Å²) in [7, 11) is 1.31. The number of benzene rings is 1. The molecule has 1 aliphatic rings. The maximum atomic E-state index is 13.1. The number of aromatic nitrogens is 3. The molecule has 0 saturated heterocycles. The number of hydrogen-bond donors (Lipinski definition) is 0. The Morgan fingerprint density at radius 2 is 2.10 bits per heavy atom. The van der Waals surface area contributed by atoms with Gasteiger partial charge in [-0.05, 0) is 24.3 Å². The first-order valence-electron chi connectivity index (χ1n) is 9.42. The van der Waals surface area contributed by atoms with Crippen LogP contribution in [0.25, 0.3) is 5.69 Å². The number of carbonyl (C=O) groups excluding carboxylic acids is 1. The molecule has 4 rings (SSSR count). The Morgan fingerprint density at radius 3 is 2.81 bits per heavy atom. The van der Waals surface area contributed by atoms with Crippen molar-refractivity contribution >= 4 is 11.6 Å². The van der Waals surface area contributed by atoms with Crippen LogP contribution in [0.5, 0.6) is 0 Å². The van der Waals surface area contributed by atoms with Gasteiger partial charge in [0.25, 0.3) is 5.91 Å². The van der Waals surface area contributed by atoms with E-state index in [1.54, 1.807) is 29.3 Å². The average molecular weight is 429 g/mol. The number of hydrogen-bond acceptors (Lipinski definition) is 5. The van der Waals surface area contributed by atoms with E-state index in [9.17, 15) is 18.0 Å². The summed E-state index contributed by atoms with van der Waals surface area (Å²) in [5.41, 5.74) is 1.50. The fourth-order valence-electron chi connectivity index (χ4n) is 3.40. The molecule has 1 aliphatic heterocycles. The summed E-state index contributed by atoms with van der Waals surface area (Å²) in [6, 6.07) is 8.39. The highest BCUT2D eigenvalue weighted by Crippen LogP contribution is 2.30. The van der Waals surface area contributed by atoms with Crippen LogP contribution in [0.2, 0.25) is 0 Å². The number of pyridine rings is 1. The van der Waals surface area contributed by atoms with E-state index in [1.807, 2.05) is 6.07 Å². The molecule has 0 unspecified atom stereocenters. The van der Waals surface area contributed by atoms with Crippen LogP contribution in [0.4, 0.5) is 13.2 Å². The number of oxime groups is 1. The molecule has 2 aromatic heterocycles. The second-order valence-electron chi connectivity index (χ2n) is 6.92. The van der Waals surface area contributed by atoms with Gasteiger partial charge in [0.05, 0.1) is 35.2 Å². The van der Waals surface area contributed by atoms with Crippen molar-refractivity contribution in [1.29, 1.82) is 0 Å². The molecule has 0 aliphatic carbocycles. The number of nitrogens with zero attached hydrogens (tertiary/aromatic N) is 5. The zero-order valence-electron chi connectivity index (χ0n) is 16.5. The molecule has 0 bridgehead atoms. The molecule has 3 aromatic rings. The normalized spacial score (nSPS) is 14.5. The molecule has 0 atom stereocenters. The van der Waals surface area contributed by atoms with Crippen molar-refractivity contribution in [3.05, 3.63) is 77.4 Å². The zero-order chi connectivity index (χ0) is 22.0. The lowest BCUT2D eigenvalue weighted by molar-refractivity contribution is -0.137. The van der Waals surface area contributed by atoms with Crippen molar-refractivity contribution in [1.82, 2.24) is 19.7 Å². The van der Waals surface area contributed by atoms with Crippen LogP contribution in [0.15, 0.2) is 60.1 Å². The Hall–Kier alpha value is -3.69. The van der Waals surface area contributed by atoms with E-state index >= 15 is 0 Å². The van der Waals surface area contributed by atoms with Crippen molar-refractivity contribution in [3.63, 3.8) is 0 Å². The SMILES string of the molecule is CON=C(CN1CCc2nn(-c3cccnc3)cc2C1=O)c1cccc(C(F)(F)F)c1. The number of rotatable bonds is 5. The third-order valence-electron chi connectivity index (χ3n) is 4.90. The van der Waals surface area contributed by atoms with E-state index in [0.717, 1.165) is 17.8 Å². The largest absolute Gasteiger partial charge is 0.416 e. The predicted molar refractivity (Wildman–Crippen MR) is 106 cm³/mol. The van der Waals surface area contributed by atoms with Gasteiger partial charge in [0, 0.05) is 30.9 Å². The molecule has 10 heteroatoms. The lowest BCUT2D eigenvalue weighted by Gasteiger charge is -2.26. The van der Waals surface area contributed by atoms with Crippen LogP contribution in [-0.2, 0) is 17.4 Å². The average Bonchev–Trinajstić information content (AvgIpc) is 3.21. The Kier molecular flexibility index (Phi) is 5.45. The van der Waals surface area contributed by atoms with Crippen LogP contribution >= 0.6 is 0 Å². The fraction of sp³-hybridized carbons (Fsp3) is 0.238. The van der Waals surface area contributed by atoms with E-state index in [0.29, 0.717) is 24.2 Å². The first-order valence-corrected chi connectivity index (χ1v) is 9.42. The highest BCUT2D eigenvalue weighted by Gasteiger charge is 2.32. The van der Waals surface area contributed by atoms with Crippen LogP contribution in [0.1, 0.15) is 27.2 Å². The van der Waals surface area contributed by atoms with Gasteiger partial charge in [0.1, 0.15) is 12.8 Å². The lowest BCUT2D eigenvalue weighted by Crippen LogP contribution is -2.40. The molecule has 31 heavy (non-hydrogen) atoms. The summed E-state index contributed by atoms with van der Waals surface area (Å²) in [5, 5.41) is 8.35. The third kappa shape index (κ3) is 4.27. The highest BCUT2D eigenvalue weighted by atomic mass is 19.4. The van der Waals surface area contributed by atoms with Gasteiger partial charge >= 0.3 is 6.18 Å². The van der Waals surface area contributed by atoms with Crippen molar-refractivity contribution in [3.8, 4) is 5.69 Å². The minimum Gasteiger partial charge on any atom is -0.399 e. The van der Waals surface area contributed by atoms with Crippen molar-refractivity contribution in [2.24, 2.45) is 5.16 Å². The number of carbonyl (C=O) groups is 1. The van der Waals surface area contributed by atoms with E-state index in [-0.39, 0.29) is 23.7 Å². The van der Waals surface area contributed by atoms with Crippen LogP contribution in [-0.4, -0.2) is 51.5 Å². The maximum Gasteiger partial charge on any atom is 0.416 e. The number of fused-ring (bicyclic) bond motifs is 1. The maximum absolute atomic E-state index is 13.1. The molecule has 0 saturated carbocycles. The second kappa shape index (κ2) is 8.21. The van der Waals surface area contributed by atoms with Crippen LogP contribution in [0.3, 0.4) is 0 Å². The molecule has 1 amide bonds. The number of halogens is 3. The van der Waals surface area contributed by atoms with Crippen LogP contribution < -0.4 is 0 Å².